The number of hydrogen-bond acceptors (Lipinski definition) is 1. The minimum absolute atomic E-state index is 0.388. The van der Waals surface area contributed by atoms with Gasteiger partial charge in [0.1, 0.15) is 5.75 Å². The van der Waals surface area contributed by atoms with E-state index in [1.54, 1.807) is 0 Å². The molecule has 1 nitrogen and oxygen atoms in total. The van der Waals surface area contributed by atoms with Crippen LogP contribution in [0, 0.1) is 12.3 Å². The monoisotopic (exact) mass is 346 g/mol. The Morgan fingerprint density at radius 2 is 2.12 bits per heavy atom. The summed E-state index contributed by atoms with van der Waals surface area (Å²) in [6, 6.07) is 6.17. The zero-order valence-corrected chi connectivity index (χ0v) is 12.6. The first-order valence-electron chi connectivity index (χ1n) is 5.60. The molecule has 0 amide bonds. The van der Waals surface area contributed by atoms with Gasteiger partial charge in [-0.25, -0.2) is 0 Å². The van der Waals surface area contributed by atoms with Crippen molar-refractivity contribution < 1.29 is 4.74 Å². The summed E-state index contributed by atoms with van der Waals surface area (Å²) in [6.07, 6.45) is 3.91. The topological polar surface area (TPSA) is 9.23 Å². The molecule has 0 atom stereocenters. The molecule has 1 aromatic rings. The van der Waals surface area contributed by atoms with Crippen LogP contribution in [0.4, 0.5) is 0 Å². The SMILES string of the molecule is Cc1cc(Br)ccc1OCC1(CBr)CCC1. The summed E-state index contributed by atoms with van der Waals surface area (Å²) in [4.78, 5) is 0. The summed E-state index contributed by atoms with van der Waals surface area (Å²) >= 11 is 7.06. The average molecular weight is 348 g/mol. The molecule has 2 rings (SSSR count). The second-order valence-electron chi connectivity index (χ2n) is 4.69. The molecule has 3 heteroatoms. The molecule has 88 valence electrons. The van der Waals surface area contributed by atoms with Crippen LogP contribution in [0.1, 0.15) is 24.8 Å². The Hall–Kier alpha value is -0.0200. The van der Waals surface area contributed by atoms with Crippen LogP contribution in [0.15, 0.2) is 22.7 Å². The Kier molecular flexibility index (Phi) is 3.96. The van der Waals surface area contributed by atoms with Gasteiger partial charge in [-0.1, -0.05) is 38.3 Å². The Morgan fingerprint density at radius 3 is 2.62 bits per heavy atom. The molecule has 0 radical (unpaired) electrons. The van der Waals surface area contributed by atoms with E-state index in [0.29, 0.717) is 5.41 Å². The Balaban J connectivity index is 1.99. The molecule has 0 aliphatic heterocycles. The standard InChI is InChI=1S/C13H16Br2O/c1-10-7-11(15)3-4-12(10)16-9-13(8-14)5-2-6-13/h3-4,7H,2,5-6,8-9H2,1H3. The normalized spacial score (nSPS) is 17.9. The summed E-state index contributed by atoms with van der Waals surface area (Å²) in [5.74, 6) is 1.01. The molecule has 0 N–H and O–H groups in total. The zero-order chi connectivity index (χ0) is 11.6. The maximum Gasteiger partial charge on any atom is 0.122 e. The highest BCUT2D eigenvalue weighted by Crippen LogP contribution is 2.42. The lowest BCUT2D eigenvalue weighted by atomic mass is 9.71. The van der Waals surface area contributed by atoms with Gasteiger partial charge in [0.2, 0.25) is 0 Å². The minimum Gasteiger partial charge on any atom is -0.493 e. The molecule has 1 aliphatic rings. The summed E-state index contributed by atoms with van der Waals surface area (Å²) < 4.78 is 7.05. The van der Waals surface area contributed by atoms with Crippen molar-refractivity contribution in [2.75, 3.05) is 11.9 Å². The number of alkyl halides is 1. The Labute approximate surface area is 114 Å². The highest BCUT2D eigenvalue weighted by Gasteiger charge is 2.36. The van der Waals surface area contributed by atoms with Crippen molar-refractivity contribution in [3.8, 4) is 5.75 Å². The first-order valence-corrected chi connectivity index (χ1v) is 7.52. The van der Waals surface area contributed by atoms with E-state index in [1.165, 1.54) is 24.8 Å². The highest BCUT2D eigenvalue weighted by atomic mass is 79.9. The molecule has 1 fully saturated rings. The summed E-state index contributed by atoms with van der Waals surface area (Å²) in [5.41, 5.74) is 1.58. The van der Waals surface area contributed by atoms with Crippen molar-refractivity contribution in [1.82, 2.24) is 0 Å². The van der Waals surface area contributed by atoms with E-state index in [4.69, 9.17) is 4.74 Å². The zero-order valence-electron chi connectivity index (χ0n) is 9.43. The fraction of sp³-hybridized carbons (Fsp3) is 0.538. The van der Waals surface area contributed by atoms with Crippen molar-refractivity contribution in [3.63, 3.8) is 0 Å². The van der Waals surface area contributed by atoms with Gasteiger partial charge >= 0.3 is 0 Å². The first-order chi connectivity index (χ1) is 7.65. The quantitative estimate of drug-likeness (QED) is 0.717. The van der Waals surface area contributed by atoms with Crippen molar-refractivity contribution in [2.45, 2.75) is 26.2 Å². The van der Waals surface area contributed by atoms with Crippen molar-refractivity contribution in [2.24, 2.45) is 5.41 Å². The van der Waals surface area contributed by atoms with Crippen LogP contribution < -0.4 is 4.74 Å². The third kappa shape index (κ3) is 2.62. The van der Waals surface area contributed by atoms with Gasteiger partial charge in [0.15, 0.2) is 0 Å². The molecule has 1 aliphatic carbocycles. The fourth-order valence-electron chi connectivity index (χ4n) is 2.00. The summed E-state index contributed by atoms with van der Waals surface area (Å²) in [6.45, 7) is 2.92. The van der Waals surface area contributed by atoms with Crippen molar-refractivity contribution in [3.05, 3.63) is 28.2 Å². The van der Waals surface area contributed by atoms with Crippen LogP contribution in [0.25, 0.3) is 0 Å². The van der Waals surface area contributed by atoms with Gasteiger partial charge in [-0.2, -0.15) is 0 Å². The third-order valence-electron chi connectivity index (χ3n) is 3.37. The van der Waals surface area contributed by atoms with Gasteiger partial charge < -0.3 is 4.74 Å². The van der Waals surface area contributed by atoms with Crippen molar-refractivity contribution in [1.29, 1.82) is 0 Å². The second-order valence-corrected chi connectivity index (χ2v) is 6.16. The van der Waals surface area contributed by atoms with Gasteiger partial charge in [-0.15, -0.1) is 0 Å². The number of halogens is 2. The van der Waals surface area contributed by atoms with E-state index in [2.05, 4.69) is 44.8 Å². The van der Waals surface area contributed by atoms with E-state index in [0.717, 1.165) is 22.2 Å². The molecule has 0 heterocycles. The molecule has 0 aromatic heterocycles. The van der Waals surface area contributed by atoms with Crippen LogP contribution in [-0.2, 0) is 0 Å². The minimum atomic E-state index is 0.388. The molecule has 0 unspecified atom stereocenters. The van der Waals surface area contributed by atoms with Crippen LogP contribution >= 0.6 is 31.9 Å². The van der Waals surface area contributed by atoms with E-state index >= 15 is 0 Å². The third-order valence-corrected chi connectivity index (χ3v) is 5.05. The van der Waals surface area contributed by atoms with Crippen molar-refractivity contribution >= 4 is 31.9 Å². The van der Waals surface area contributed by atoms with Gasteiger partial charge in [0, 0.05) is 15.2 Å². The lowest BCUT2D eigenvalue weighted by Gasteiger charge is -2.40. The van der Waals surface area contributed by atoms with Gasteiger partial charge in [0.05, 0.1) is 6.61 Å². The molecule has 0 saturated heterocycles. The Bertz CT molecular complexity index is 367. The molecule has 1 aromatic carbocycles. The number of ether oxygens (including phenoxy) is 1. The summed E-state index contributed by atoms with van der Waals surface area (Å²) in [5, 5.41) is 1.05. The van der Waals surface area contributed by atoms with Crippen LogP contribution in [0.3, 0.4) is 0 Å². The molecule has 16 heavy (non-hydrogen) atoms. The number of hydrogen-bond donors (Lipinski definition) is 0. The number of rotatable bonds is 4. The smallest absolute Gasteiger partial charge is 0.122 e. The average Bonchev–Trinajstić information content (AvgIpc) is 2.19. The maximum absolute atomic E-state index is 5.94. The van der Waals surface area contributed by atoms with E-state index in [-0.39, 0.29) is 0 Å². The Morgan fingerprint density at radius 1 is 1.38 bits per heavy atom. The number of benzene rings is 1. The predicted octanol–water partition coefficient (Wildman–Crippen LogP) is 4.70. The van der Waals surface area contributed by atoms with E-state index < -0.39 is 0 Å². The predicted molar refractivity (Wildman–Crippen MR) is 74.5 cm³/mol. The van der Waals surface area contributed by atoms with Crippen LogP contribution in [0.5, 0.6) is 5.75 Å². The molecular weight excluding hydrogens is 332 g/mol. The second kappa shape index (κ2) is 5.09. The van der Waals surface area contributed by atoms with Crippen LogP contribution in [-0.4, -0.2) is 11.9 Å². The molecule has 0 bridgehead atoms. The molecule has 0 spiro atoms. The lowest BCUT2D eigenvalue weighted by molar-refractivity contribution is 0.0834. The van der Waals surface area contributed by atoms with E-state index in [1.807, 2.05) is 12.1 Å². The van der Waals surface area contributed by atoms with Gasteiger partial charge in [-0.3, -0.25) is 0 Å². The lowest BCUT2D eigenvalue weighted by Crippen LogP contribution is -2.37. The van der Waals surface area contributed by atoms with E-state index in [9.17, 15) is 0 Å². The molecule has 1 saturated carbocycles. The van der Waals surface area contributed by atoms with Gasteiger partial charge in [0.25, 0.3) is 0 Å². The highest BCUT2D eigenvalue weighted by molar-refractivity contribution is 9.10. The first kappa shape index (κ1) is 12.4. The molecular formula is C13H16Br2O. The van der Waals surface area contributed by atoms with Crippen LogP contribution in [0.2, 0.25) is 0 Å². The fourth-order valence-corrected chi connectivity index (χ4v) is 3.20. The maximum atomic E-state index is 5.94. The summed E-state index contributed by atoms with van der Waals surface area (Å²) in [7, 11) is 0. The number of aryl methyl sites for hydroxylation is 1. The van der Waals surface area contributed by atoms with Gasteiger partial charge in [-0.05, 0) is 43.5 Å². The largest absolute Gasteiger partial charge is 0.493 e.